The second kappa shape index (κ2) is 4.61. The lowest BCUT2D eigenvalue weighted by atomic mass is 10.4. The standard InChI is InChI=1S/C9H13N5O2/c1-7-11-8(14(15)16)9(13(7)3)12(2)6-4-5-10/h4,6H2,1-3H3. The minimum Gasteiger partial charge on any atom is -0.358 e. The lowest BCUT2D eigenvalue weighted by Crippen LogP contribution is -2.21. The average Bonchev–Trinajstić information content (AvgIpc) is 2.52. The van der Waals surface area contributed by atoms with Gasteiger partial charge in [0.05, 0.1) is 12.5 Å². The topological polar surface area (TPSA) is 88.0 Å². The van der Waals surface area contributed by atoms with Crippen LogP contribution in [0.15, 0.2) is 0 Å². The second-order valence-corrected chi connectivity index (χ2v) is 3.45. The maximum absolute atomic E-state index is 10.8. The minimum atomic E-state index is -0.509. The van der Waals surface area contributed by atoms with E-state index in [1.807, 2.05) is 6.07 Å². The van der Waals surface area contributed by atoms with Gasteiger partial charge < -0.3 is 15.0 Å². The van der Waals surface area contributed by atoms with Crippen LogP contribution in [-0.4, -0.2) is 28.1 Å². The number of aromatic nitrogens is 2. The molecular formula is C9H13N5O2. The van der Waals surface area contributed by atoms with Gasteiger partial charge in [0.1, 0.15) is 0 Å². The molecule has 0 aliphatic heterocycles. The molecule has 0 aliphatic rings. The molecule has 0 N–H and O–H groups in total. The molecule has 0 fully saturated rings. The largest absolute Gasteiger partial charge is 0.406 e. The molecule has 0 amide bonds. The van der Waals surface area contributed by atoms with E-state index in [0.29, 0.717) is 24.6 Å². The number of aryl methyl sites for hydroxylation is 1. The highest BCUT2D eigenvalue weighted by atomic mass is 16.6. The minimum absolute atomic E-state index is 0.166. The summed E-state index contributed by atoms with van der Waals surface area (Å²) in [5.41, 5.74) is 0. The Morgan fingerprint density at radius 3 is 2.81 bits per heavy atom. The Balaban J connectivity index is 3.10. The highest BCUT2D eigenvalue weighted by Crippen LogP contribution is 2.26. The van der Waals surface area contributed by atoms with Crippen LogP contribution in [0.25, 0.3) is 0 Å². The van der Waals surface area contributed by atoms with E-state index in [4.69, 9.17) is 5.26 Å². The molecule has 0 aromatic carbocycles. The van der Waals surface area contributed by atoms with Crippen LogP contribution in [0.2, 0.25) is 0 Å². The first-order valence-electron chi connectivity index (χ1n) is 4.74. The van der Waals surface area contributed by atoms with Crippen molar-refractivity contribution >= 4 is 11.6 Å². The summed E-state index contributed by atoms with van der Waals surface area (Å²) in [7, 11) is 3.42. The number of hydrogen-bond acceptors (Lipinski definition) is 5. The summed E-state index contributed by atoms with van der Waals surface area (Å²) < 4.78 is 1.65. The molecule has 0 spiro atoms. The Labute approximate surface area is 93.1 Å². The SMILES string of the molecule is Cc1nc([N+](=O)[O-])c(N(C)CCC#N)n1C. The predicted molar refractivity (Wildman–Crippen MR) is 58.1 cm³/mol. The van der Waals surface area contributed by atoms with Crippen molar-refractivity contribution in [1.82, 2.24) is 9.55 Å². The van der Waals surface area contributed by atoms with E-state index in [0.717, 1.165) is 0 Å². The molecule has 1 rings (SSSR count). The van der Waals surface area contributed by atoms with E-state index in [2.05, 4.69) is 4.98 Å². The molecule has 86 valence electrons. The highest BCUT2D eigenvalue weighted by molar-refractivity contribution is 5.55. The number of rotatable bonds is 4. The number of nitriles is 1. The van der Waals surface area contributed by atoms with Crippen LogP contribution in [0.3, 0.4) is 0 Å². The fourth-order valence-corrected chi connectivity index (χ4v) is 1.45. The van der Waals surface area contributed by atoms with Gasteiger partial charge in [-0.2, -0.15) is 5.26 Å². The van der Waals surface area contributed by atoms with E-state index in [-0.39, 0.29) is 5.82 Å². The molecular weight excluding hydrogens is 210 g/mol. The van der Waals surface area contributed by atoms with Gasteiger partial charge in [-0.3, -0.25) is 4.57 Å². The quantitative estimate of drug-likeness (QED) is 0.561. The molecule has 0 atom stereocenters. The average molecular weight is 223 g/mol. The van der Waals surface area contributed by atoms with Crippen molar-refractivity contribution in [3.8, 4) is 6.07 Å². The third-order valence-electron chi connectivity index (χ3n) is 2.36. The first-order valence-corrected chi connectivity index (χ1v) is 4.74. The number of imidazole rings is 1. The Bertz CT molecular complexity index is 445. The molecule has 0 bridgehead atoms. The lowest BCUT2D eigenvalue weighted by Gasteiger charge is -2.16. The maximum atomic E-state index is 10.8. The number of anilines is 1. The van der Waals surface area contributed by atoms with Crippen molar-refractivity contribution in [2.24, 2.45) is 7.05 Å². The monoisotopic (exact) mass is 223 g/mol. The van der Waals surface area contributed by atoms with Gasteiger partial charge in [0.25, 0.3) is 0 Å². The molecule has 1 aromatic rings. The molecule has 0 saturated heterocycles. The zero-order chi connectivity index (χ0) is 12.3. The van der Waals surface area contributed by atoms with Crippen molar-refractivity contribution in [2.75, 3.05) is 18.5 Å². The number of nitrogens with zero attached hydrogens (tertiary/aromatic N) is 5. The molecule has 1 heterocycles. The van der Waals surface area contributed by atoms with E-state index in [1.54, 1.807) is 30.5 Å². The molecule has 0 unspecified atom stereocenters. The summed E-state index contributed by atoms with van der Waals surface area (Å²) in [5.74, 6) is 0.837. The third kappa shape index (κ3) is 2.11. The van der Waals surface area contributed by atoms with Crippen LogP contribution in [0.5, 0.6) is 0 Å². The summed E-state index contributed by atoms with van der Waals surface area (Å²) in [5, 5.41) is 19.3. The van der Waals surface area contributed by atoms with E-state index in [1.165, 1.54) is 0 Å². The van der Waals surface area contributed by atoms with Crippen LogP contribution in [0, 0.1) is 28.4 Å². The molecule has 1 aromatic heterocycles. The fraction of sp³-hybridized carbons (Fsp3) is 0.556. The van der Waals surface area contributed by atoms with Gasteiger partial charge >= 0.3 is 5.82 Å². The van der Waals surface area contributed by atoms with Crippen molar-refractivity contribution in [3.05, 3.63) is 15.9 Å². The van der Waals surface area contributed by atoms with Gasteiger partial charge in [0, 0.05) is 27.6 Å². The summed E-state index contributed by atoms with van der Waals surface area (Å²) in [6.07, 6.45) is 0.317. The second-order valence-electron chi connectivity index (χ2n) is 3.45. The van der Waals surface area contributed by atoms with Crippen LogP contribution in [0.4, 0.5) is 11.6 Å². The first-order chi connectivity index (χ1) is 7.49. The van der Waals surface area contributed by atoms with Crippen molar-refractivity contribution in [3.63, 3.8) is 0 Å². The summed E-state index contributed by atoms with van der Waals surface area (Å²) in [4.78, 5) is 15.8. The summed E-state index contributed by atoms with van der Waals surface area (Å²) in [6, 6.07) is 2.00. The molecule has 0 aliphatic carbocycles. The van der Waals surface area contributed by atoms with Gasteiger partial charge in [0.15, 0.2) is 0 Å². The summed E-state index contributed by atoms with van der Waals surface area (Å²) in [6.45, 7) is 2.14. The normalized spacial score (nSPS) is 9.88. The molecule has 0 radical (unpaired) electrons. The van der Waals surface area contributed by atoms with Gasteiger partial charge in [-0.15, -0.1) is 0 Å². The zero-order valence-corrected chi connectivity index (χ0v) is 9.47. The fourth-order valence-electron chi connectivity index (χ4n) is 1.45. The van der Waals surface area contributed by atoms with Crippen LogP contribution < -0.4 is 4.90 Å². The van der Waals surface area contributed by atoms with Crippen molar-refractivity contribution in [1.29, 1.82) is 5.26 Å². The Morgan fingerprint density at radius 1 is 1.69 bits per heavy atom. The molecule has 7 heteroatoms. The van der Waals surface area contributed by atoms with Gasteiger partial charge in [-0.1, -0.05) is 0 Å². The molecule has 7 nitrogen and oxygen atoms in total. The molecule has 16 heavy (non-hydrogen) atoms. The van der Waals surface area contributed by atoms with Crippen molar-refractivity contribution in [2.45, 2.75) is 13.3 Å². The van der Waals surface area contributed by atoms with Crippen LogP contribution >= 0.6 is 0 Å². The maximum Gasteiger partial charge on any atom is 0.406 e. The Hall–Kier alpha value is -2.10. The van der Waals surface area contributed by atoms with Crippen LogP contribution in [0.1, 0.15) is 12.2 Å². The van der Waals surface area contributed by atoms with E-state index in [9.17, 15) is 10.1 Å². The van der Waals surface area contributed by atoms with Gasteiger partial charge in [0.2, 0.25) is 11.6 Å². The van der Waals surface area contributed by atoms with Crippen LogP contribution in [-0.2, 0) is 7.05 Å². The van der Waals surface area contributed by atoms with E-state index < -0.39 is 4.92 Å². The Kier molecular flexibility index (Phi) is 3.45. The Morgan fingerprint density at radius 2 is 2.31 bits per heavy atom. The van der Waals surface area contributed by atoms with E-state index >= 15 is 0 Å². The van der Waals surface area contributed by atoms with Gasteiger partial charge in [-0.25, -0.2) is 0 Å². The lowest BCUT2D eigenvalue weighted by molar-refractivity contribution is -0.388. The predicted octanol–water partition coefficient (Wildman–Crippen LogP) is 0.987. The van der Waals surface area contributed by atoms with Gasteiger partial charge in [-0.05, 0) is 9.91 Å². The highest BCUT2D eigenvalue weighted by Gasteiger charge is 2.26. The number of hydrogen-bond donors (Lipinski definition) is 0. The molecule has 0 saturated carbocycles. The van der Waals surface area contributed by atoms with Crippen molar-refractivity contribution < 1.29 is 4.92 Å². The zero-order valence-electron chi connectivity index (χ0n) is 9.47. The first kappa shape index (κ1) is 12.0. The summed E-state index contributed by atoms with van der Waals surface area (Å²) >= 11 is 0. The third-order valence-corrected chi connectivity index (χ3v) is 2.36. The smallest absolute Gasteiger partial charge is 0.358 e. The number of nitro groups is 1.